The second-order valence-electron chi connectivity index (χ2n) is 4.64. The van der Waals surface area contributed by atoms with Crippen molar-refractivity contribution in [3.63, 3.8) is 0 Å². The number of hydrogen-bond donors (Lipinski definition) is 0. The van der Waals surface area contributed by atoms with Gasteiger partial charge in [-0.05, 0) is 19.1 Å². The Hall–Kier alpha value is -2.23. The van der Waals surface area contributed by atoms with Gasteiger partial charge in [-0.2, -0.15) is 0 Å². The van der Waals surface area contributed by atoms with Crippen LogP contribution in [0.15, 0.2) is 47.0 Å². The minimum Gasteiger partial charge on any atom is -0.378 e. The van der Waals surface area contributed by atoms with Crippen molar-refractivity contribution >= 4 is 17.6 Å². The number of rotatable bonds is 5. The van der Waals surface area contributed by atoms with Crippen LogP contribution in [-0.2, 0) is 0 Å². The Morgan fingerprint density at radius 1 is 1.30 bits per heavy atom. The number of allylic oxidation sites excluding steroid dienone is 1. The lowest BCUT2D eigenvalue weighted by Gasteiger charge is -2.16. The molecule has 1 rings (SSSR count). The highest BCUT2D eigenvalue weighted by molar-refractivity contribution is 6.38. The summed E-state index contributed by atoms with van der Waals surface area (Å²) in [6.07, 6.45) is 1.58. The number of benzene rings is 1. The molecule has 0 saturated heterocycles. The van der Waals surface area contributed by atoms with Crippen molar-refractivity contribution in [2.45, 2.75) is 6.92 Å². The molecule has 106 valence electrons. The second kappa shape index (κ2) is 6.80. The molecule has 1 aromatic carbocycles. The molecule has 0 heterocycles. The van der Waals surface area contributed by atoms with Crippen molar-refractivity contribution in [3.05, 3.63) is 54.0 Å². The van der Waals surface area contributed by atoms with E-state index in [-0.39, 0.29) is 5.82 Å². The molecule has 0 amide bonds. The third-order valence-corrected chi connectivity index (χ3v) is 2.76. The summed E-state index contributed by atoms with van der Waals surface area (Å²) in [5.41, 5.74) is 3.05. The quantitative estimate of drug-likeness (QED) is 0.756. The highest BCUT2D eigenvalue weighted by Crippen LogP contribution is 2.19. The molecule has 0 N–H and O–H groups in total. The van der Waals surface area contributed by atoms with Gasteiger partial charge in [0.15, 0.2) is 0 Å². The maximum atomic E-state index is 14.2. The molecule has 0 unspecified atom stereocenters. The predicted octanol–water partition coefficient (Wildman–Crippen LogP) is 3.38. The highest BCUT2D eigenvalue weighted by Gasteiger charge is 2.10. The summed E-state index contributed by atoms with van der Waals surface area (Å²) >= 11 is 0. The average molecular weight is 273 g/mol. The Bertz CT molecular complexity index is 583. The van der Waals surface area contributed by atoms with E-state index in [2.05, 4.69) is 23.1 Å². The molecule has 0 aliphatic heterocycles. The fourth-order valence-corrected chi connectivity index (χ4v) is 1.58. The van der Waals surface area contributed by atoms with Crippen molar-refractivity contribution in [2.24, 2.45) is 9.98 Å². The van der Waals surface area contributed by atoms with Gasteiger partial charge in [0.25, 0.3) is 0 Å². The summed E-state index contributed by atoms with van der Waals surface area (Å²) in [4.78, 5) is 9.97. The first-order valence-corrected chi connectivity index (χ1v) is 6.19. The zero-order valence-corrected chi connectivity index (χ0v) is 12.4. The van der Waals surface area contributed by atoms with Crippen molar-refractivity contribution < 1.29 is 4.39 Å². The van der Waals surface area contributed by atoms with Gasteiger partial charge in [-0.25, -0.2) is 4.39 Å². The number of hydrogen-bond acceptors (Lipinski definition) is 3. The van der Waals surface area contributed by atoms with Crippen LogP contribution in [0, 0.1) is 5.82 Å². The van der Waals surface area contributed by atoms with E-state index in [1.165, 1.54) is 6.07 Å². The fourth-order valence-electron chi connectivity index (χ4n) is 1.58. The molecule has 3 nitrogen and oxygen atoms in total. The van der Waals surface area contributed by atoms with E-state index >= 15 is 0 Å². The number of nitrogens with zero attached hydrogens (tertiary/aromatic N) is 3. The Kier molecular flexibility index (Phi) is 5.38. The molecular formula is C16H20FN3. The minimum absolute atomic E-state index is 0.328. The average Bonchev–Trinajstić information content (AvgIpc) is 2.38. The molecule has 0 fully saturated rings. The molecule has 0 aromatic heterocycles. The molecule has 0 aliphatic carbocycles. The summed E-state index contributed by atoms with van der Waals surface area (Å²) in [6, 6.07) is 4.95. The summed E-state index contributed by atoms with van der Waals surface area (Å²) in [5, 5.41) is 0. The van der Waals surface area contributed by atoms with Gasteiger partial charge >= 0.3 is 0 Å². The third-order valence-electron chi connectivity index (χ3n) is 2.76. The summed E-state index contributed by atoms with van der Waals surface area (Å²) in [6.45, 7) is 9.33. The molecular weight excluding hydrogens is 253 g/mol. The molecule has 0 radical (unpaired) electrons. The van der Waals surface area contributed by atoms with Crippen LogP contribution in [0.3, 0.4) is 0 Å². The van der Waals surface area contributed by atoms with Crippen molar-refractivity contribution in [3.8, 4) is 0 Å². The molecule has 0 bridgehead atoms. The molecule has 4 heteroatoms. The van der Waals surface area contributed by atoms with Crippen LogP contribution >= 0.6 is 0 Å². The van der Waals surface area contributed by atoms with Crippen molar-refractivity contribution in [1.82, 2.24) is 4.90 Å². The maximum absolute atomic E-state index is 14.2. The van der Waals surface area contributed by atoms with Gasteiger partial charge in [0, 0.05) is 43.7 Å². The van der Waals surface area contributed by atoms with Crippen LogP contribution in [-0.4, -0.2) is 38.0 Å². The van der Waals surface area contributed by atoms with Crippen LogP contribution in [0.5, 0.6) is 0 Å². The summed E-state index contributed by atoms with van der Waals surface area (Å²) in [5.74, 6) is -0.328. The monoisotopic (exact) mass is 273 g/mol. The Morgan fingerprint density at radius 3 is 2.40 bits per heavy atom. The molecule has 20 heavy (non-hydrogen) atoms. The van der Waals surface area contributed by atoms with Gasteiger partial charge in [0.1, 0.15) is 5.82 Å². The standard InChI is InChI=1S/C16H20FN3/c1-11(2)19-10-16(18-4)13-7-8-14(15(17)9-13)12(3)20(5)6/h7-10H,1,3H2,2,4-6H3. The van der Waals surface area contributed by atoms with Crippen LogP contribution in [0.2, 0.25) is 0 Å². The second-order valence-corrected chi connectivity index (χ2v) is 4.64. The van der Waals surface area contributed by atoms with Crippen LogP contribution in [0.1, 0.15) is 18.1 Å². The first-order chi connectivity index (χ1) is 9.36. The molecule has 0 spiro atoms. The van der Waals surface area contributed by atoms with E-state index in [0.717, 1.165) is 0 Å². The predicted molar refractivity (Wildman–Crippen MR) is 84.9 cm³/mol. The maximum Gasteiger partial charge on any atom is 0.133 e. The SMILES string of the molecule is C=C(C)N=CC(=NC)c1ccc(C(=C)N(C)C)c(F)c1. The smallest absolute Gasteiger partial charge is 0.133 e. The van der Waals surface area contributed by atoms with Crippen molar-refractivity contribution in [1.29, 1.82) is 0 Å². The highest BCUT2D eigenvalue weighted by atomic mass is 19.1. The van der Waals surface area contributed by atoms with E-state index in [1.54, 1.807) is 37.2 Å². The van der Waals surface area contributed by atoms with Crippen LogP contribution in [0.4, 0.5) is 4.39 Å². The van der Waals surface area contributed by atoms with Crippen LogP contribution < -0.4 is 0 Å². The zero-order valence-electron chi connectivity index (χ0n) is 12.4. The zero-order chi connectivity index (χ0) is 15.3. The number of aliphatic imine (C=N–C) groups is 2. The lowest BCUT2D eigenvalue weighted by molar-refractivity contribution is 0.573. The van der Waals surface area contributed by atoms with Crippen molar-refractivity contribution in [2.75, 3.05) is 21.1 Å². The summed E-state index contributed by atoms with van der Waals surface area (Å²) in [7, 11) is 5.30. The minimum atomic E-state index is -0.328. The van der Waals surface area contributed by atoms with Gasteiger partial charge < -0.3 is 4.90 Å². The largest absolute Gasteiger partial charge is 0.378 e. The van der Waals surface area contributed by atoms with E-state index in [9.17, 15) is 4.39 Å². The third kappa shape index (κ3) is 3.88. The van der Waals surface area contributed by atoms with Gasteiger partial charge in [-0.3, -0.25) is 9.98 Å². The van der Waals surface area contributed by atoms with E-state index < -0.39 is 0 Å². The lowest BCUT2D eigenvalue weighted by Crippen LogP contribution is -2.11. The summed E-state index contributed by atoms with van der Waals surface area (Å²) < 4.78 is 14.2. The topological polar surface area (TPSA) is 28.0 Å². The molecule has 0 atom stereocenters. The van der Waals surface area contributed by atoms with E-state index in [4.69, 9.17) is 0 Å². The first-order valence-electron chi connectivity index (χ1n) is 6.19. The molecule has 0 aliphatic rings. The molecule has 1 aromatic rings. The van der Waals surface area contributed by atoms with Gasteiger partial charge in [-0.15, -0.1) is 0 Å². The Balaban J connectivity index is 3.14. The Morgan fingerprint density at radius 2 is 1.95 bits per heavy atom. The van der Waals surface area contributed by atoms with Gasteiger partial charge in [0.2, 0.25) is 0 Å². The van der Waals surface area contributed by atoms with E-state index in [1.807, 2.05) is 14.1 Å². The fraction of sp³-hybridized carbons (Fsp3) is 0.250. The Labute approximate surface area is 119 Å². The normalized spacial score (nSPS) is 11.8. The first kappa shape index (κ1) is 15.8. The van der Waals surface area contributed by atoms with E-state index in [0.29, 0.717) is 28.2 Å². The lowest BCUT2D eigenvalue weighted by atomic mass is 10.1. The number of halogens is 1. The molecule has 0 saturated carbocycles. The van der Waals surface area contributed by atoms with Gasteiger partial charge in [-0.1, -0.05) is 19.2 Å². The van der Waals surface area contributed by atoms with Gasteiger partial charge in [0.05, 0.1) is 11.9 Å². The van der Waals surface area contributed by atoms with Crippen LogP contribution in [0.25, 0.3) is 5.70 Å².